The maximum atomic E-state index is 12.4. The van der Waals surface area contributed by atoms with Crippen molar-refractivity contribution in [3.63, 3.8) is 0 Å². The summed E-state index contributed by atoms with van der Waals surface area (Å²) in [7, 11) is 1.77. The zero-order valence-electron chi connectivity index (χ0n) is 9.72. The van der Waals surface area contributed by atoms with E-state index < -0.39 is 0 Å². The molecule has 1 aromatic heterocycles. The van der Waals surface area contributed by atoms with E-state index in [-0.39, 0.29) is 11.7 Å². The SMILES string of the molecule is CC(C(=O)c1c(Br)cnn1C)c1ccccc1. The number of benzene rings is 1. The van der Waals surface area contributed by atoms with Crippen LogP contribution in [0.15, 0.2) is 41.0 Å². The second-order valence-electron chi connectivity index (χ2n) is 3.96. The molecule has 0 spiro atoms. The number of hydrogen-bond donors (Lipinski definition) is 0. The summed E-state index contributed by atoms with van der Waals surface area (Å²) in [6, 6.07) is 9.76. The van der Waals surface area contributed by atoms with Gasteiger partial charge in [-0.2, -0.15) is 5.10 Å². The largest absolute Gasteiger partial charge is 0.292 e. The number of carbonyl (C=O) groups is 1. The third kappa shape index (κ3) is 2.31. The van der Waals surface area contributed by atoms with E-state index in [0.29, 0.717) is 5.69 Å². The lowest BCUT2D eigenvalue weighted by atomic mass is 9.95. The molecule has 3 nitrogen and oxygen atoms in total. The van der Waals surface area contributed by atoms with Crippen LogP contribution in [-0.4, -0.2) is 15.6 Å². The van der Waals surface area contributed by atoms with Crippen molar-refractivity contribution in [3.05, 3.63) is 52.3 Å². The molecule has 4 heteroatoms. The first kappa shape index (κ1) is 12.0. The van der Waals surface area contributed by atoms with Gasteiger partial charge in [0, 0.05) is 13.0 Å². The molecule has 0 fully saturated rings. The number of aromatic nitrogens is 2. The third-order valence-electron chi connectivity index (χ3n) is 2.82. The molecule has 88 valence electrons. The van der Waals surface area contributed by atoms with Crippen LogP contribution in [0.1, 0.15) is 28.9 Å². The Kier molecular flexibility index (Phi) is 3.43. The van der Waals surface area contributed by atoms with Crippen LogP contribution in [0.25, 0.3) is 0 Å². The van der Waals surface area contributed by atoms with Gasteiger partial charge >= 0.3 is 0 Å². The highest BCUT2D eigenvalue weighted by molar-refractivity contribution is 9.10. The molecule has 1 atom stereocenters. The average Bonchev–Trinajstić information content (AvgIpc) is 2.68. The molecule has 0 amide bonds. The fraction of sp³-hybridized carbons (Fsp3) is 0.231. The number of nitrogens with zero attached hydrogens (tertiary/aromatic N) is 2. The van der Waals surface area contributed by atoms with Gasteiger partial charge < -0.3 is 0 Å². The monoisotopic (exact) mass is 292 g/mol. The quantitative estimate of drug-likeness (QED) is 0.815. The molecule has 0 saturated heterocycles. The highest BCUT2D eigenvalue weighted by Gasteiger charge is 2.22. The molecule has 1 heterocycles. The Hall–Kier alpha value is -1.42. The van der Waals surface area contributed by atoms with Crippen molar-refractivity contribution in [2.75, 3.05) is 0 Å². The average molecular weight is 293 g/mol. The lowest BCUT2D eigenvalue weighted by Crippen LogP contribution is -2.14. The second-order valence-corrected chi connectivity index (χ2v) is 4.82. The van der Waals surface area contributed by atoms with Crippen molar-refractivity contribution in [1.82, 2.24) is 9.78 Å². The first-order chi connectivity index (χ1) is 8.11. The van der Waals surface area contributed by atoms with Gasteiger partial charge in [-0.05, 0) is 21.5 Å². The molecule has 0 saturated carbocycles. The Balaban J connectivity index is 2.33. The Morgan fingerprint density at radius 1 is 1.35 bits per heavy atom. The Labute approximate surface area is 109 Å². The highest BCUT2D eigenvalue weighted by atomic mass is 79.9. The van der Waals surface area contributed by atoms with E-state index in [4.69, 9.17) is 0 Å². The van der Waals surface area contributed by atoms with Gasteiger partial charge in [0.25, 0.3) is 0 Å². The molecule has 0 bridgehead atoms. The molecule has 2 rings (SSSR count). The van der Waals surface area contributed by atoms with Crippen LogP contribution in [0.2, 0.25) is 0 Å². The molecule has 17 heavy (non-hydrogen) atoms. The van der Waals surface area contributed by atoms with Crippen molar-refractivity contribution >= 4 is 21.7 Å². The van der Waals surface area contributed by atoms with Crippen LogP contribution in [0.3, 0.4) is 0 Å². The summed E-state index contributed by atoms with van der Waals surface area (Å²) in [4.78, 5) is 12.4. The number of hydrogen-bond acceptors (Lipinski definition) is 2. The van der Waals surface area contributed by atoms with Gasteiger partial charge in [0.2, 0.25) is 0 Å². The minimum atomic E-state index is -0.164. The first-order valence-electron chi connectivity index (χ1n) is 5.38. The van der Waals surface area contributed by atoms with E-state index in [0.717, 1.165) is 10.0 Å². The van der Waals surface area contributed by atoms with E-state index in [1.807, 2.05) is 37.3 Å². The van der Waals surface area contributed by atoms with Gasteiger partial charge in [0.1, 0.15) is 5.69 Å². The number of rotatable bonds is 3. The summed E-state index contributed by atoms with van der Waals surface area (Å²) < 4.78 is 2.35. The summed E-state index contributed by atoms with van der Waals surface area (Å²) >= 11 is 3.35. The maximum absolute atomic E-state index is 12.4. The standard InChI is InChI=1S/C13H13BrN2O/c1-9(10-6-4-3-5-7-10)13(17)12-11(14)8-15-16(12)2/h3-9H,1-2H3. The Morgan fingerprint density at radius 2 is 2.00 bits per heavy atom. The van der Waals surface area contributed by atoms with E-state index in [2.05, 4.69) is 21.0 Å². The second kappa shape index (κ2) is 4.84. The van der Waals surface area contributed by atoms with Gasteiger partial charge in [-0.1, -0.05) is 37.3 Å². The van der Waals surface area contributed by atoms with Gasteiger partial charge in [0.05, 0.1) is 10.7 Å². The van der Waals surface area contributed by atoms with Crippen LogP contribution >= 0.6 is 15.9 Å². The Bertz CT molecular complexity index is 514. The summed E-state index contributed by atoms with van der Waals surface area (Å²) in [5.74, 6) is -0.0917. The topological polar surface area (TPSA) is 34.9 Å². The van der Waals surface area contributed by atoms with Crippen LogP contribution in [0, 0.1) is 0 Å². The number of halogens is 1. The lowest BCUT2D eigenvalue weighted by Gasteiger charge is -2.11. The number of ketones is 1. The highest BCUT2D eigenvalue weighted by Crippen LogP contribution is 2.24. The number of carbonyl (C=O) groups excluding carboxylic acids is 1. The van der Waals surface area contributed by atoms with Crippen molar-refractivity contribution in [3.8, 4) is 0 Å². The van der Waals surface area contributed by atoms with Gasteiger partial charge in [-0.3, -0.25) is 9.48 Å². The van der Waals surface area contributed by atoms with Crippen LogP contribution in [0.4, 0.5) is 0 Å². The van der Waals surface area contributed by atoms with E-state index in [9.17, 15) is 4.79 Å². The summed E-state index contributed by atoms with van der Waals surface area (Å²) in [5, 5.41) is 4.06. The van der Waals surface area contributed by atoms with Gasteiger partial charge in [0.15, 0.2) is 5.78 Å². The smallest absolute Gasteiger partial charge is 0.189 e. The summed E-state index contributed by atoms with van der Waals surface area (Å²) in [5.41, 5.74) is 1.63. The molecular weight excluding hydrogens is 280 g/mol. The van der Waals surface area contributed by atoms with Gasteiger partial charge in [-0.15, -0.1) is 0 Å². The van der Waals surface area contributed by atoms with Crippen LogP contribution in [0.5, 0.6) is 0 Å². The zero-order chi connectivity index (χ0) is 12.4. The fourth-order valence-corrected chi connectivity index (χ4v) is 2.33. The minimum Gasteiger partial charge on any atom is -0.292 e. The molecule has 2 aromatic rings. The predicted molar refractivity (Wildman–Crippen MR) is 70.1 cm³/mol. The normalized spacial score (nSPS) is 12.4. The molecule has 0 aliphatic heterocycles. The van der Waals surface area contributed by atoms with Crippen LogP contribution in [-0.2, 0) is 7.05 Å². The molecule has 0 radical (unpaired) electrons. The van der Waals surface area contributed by atoms with E-state index in [1.54, 1.807) is 17.9 Å². The summed E-state index contributed by atoms with van der Waals surface area (Å²) in [6.07, 6.45) is 1.64. The van der Waals surface area contributed by atoms with E-state index >= 15 is 0 Å². The van der Waals surface area contributed by atoms with Crippen molar-refractivity contribution in [2.24, 2.45) is 7.05 Å². The molecule has 0 aliphatic carbocycles. The van der Waals surface area contributed by atoms with E-state index in [1.165, 1.54) is 0 Å². The third-order valence-corrected chi connectivity index (χ3v) is 3.40. The van der Waals surface area contributed by atoms with Crippen molar-refractivity contribution in [1.29, 1.82) is 0 Å². The molecule has 1 aromatic carbocycles. The maximum Gasteiger partial charge on any atom is 0.189 e. The molecular formula is C13H13BrN2O. The van der Waals surface area contributed by atoms with Gasteiger partial charge in [-0.25, -0.2) is 0 Å². The van der Waals surface area contributed by atoms with Crippen LogP contribution < -0.4 is 0 Å². The zero-order valence-corrected chi connectivity index (χ0v) is 11.3. The summed E-state index contributed by atoms with van der Waals surface area (Å²) in [6.45, 7) is 1.91. The van der Waals surface area contributed by atoms with Crippen molar-refractivity contribution < 1.29 is 4.79 Å². The molecule has 1 unspecified atom stereocenters. The lowest BCUT2D eigenvalue weighted by molar-refractivity contribution is 0.0956. The fourth-order valence-electron chi connectivity index (χ4n) is 1.79. The first-order valence-corrected chi connectivity index (χ1v) is 6.17. The van der Waals surface area contributed by atoms with Crippen molar-refractivity contribution in [2.45, 2.75) is 12.8 Å². The Morgan fingerprint density at radius 3 is 2.53 bits per heavy atom. The number of Topliss-reactive ketones (excluding diaryl/α,β-unsaturated/α-hetero) is 1. The molecule has 0 aliphatic rings. The molecule has 0 N–H and O–H groups in total. The minimum absolute atomic E-state index is 0.0723. The predicted octanol–water partition coefficient (Wildman–Crippen LogP) is 3.17. The number of aryl methyl sites for hydroxylation is 1.